The normalized spacial score (nSPS) is 9.50. The Kier molecular flexibility index (Phi) is 2.99. The molecule has 2 rings (SSSR count). The van der Waals surface area contributed by atoms with Gasteiger partial charge in [-0.2, -0.15) is 10.2 Å². The van der Waals surface area contributed by atoms with Crippen molar-refractivity contribution in [2.24, 2.45) is 0 Å². The van der Waals surface area contributed by atoms with Crippen LogP contribution in [0.2, 0.25) is 5.28 Å². The second kappa shape index (κ2) is 4.60. The molecule has 0 radical (unpaired) electrons. The molecule has 5 heteroatoms. The van der Waals surface area contributed by atoms with Crippen LogP contribution in [0.15, 0.2) is 36.5 Å². The highest BCUT2D eigenvalue weighted by molar-refractivity contribution is 6.28. The number of aromatic nitrogens is 2. The lowest BCUT2D eigenvalue weighted by molar-refractivity contribution is 0.461. The Labute approximate surface area is 97.1 Å². The summed E-state index contributed by atoms with van der Waals surface area (Å²) in [6.45, 7) is 0. The molecule has 0 saturated heterocycles. The number of nitrogens with zero attached hydrogens (tertiary/aromatic N) is 3. The Bertz CT molecular complexity index is 534. The van der Waals surface area contributed by atoms with Gasteiger partial charge in [-0.15, -0.1) is 0 Å². The third-order valence-corrected chi connectivity index (χ3v) is 1.99. The van der Waals surface area contributed by atoms with E-state index < -0.39 is 0 Å². The van der Waals surface area contributed by atoms with Crippen LogP contribution in [-0.4, -0.2) is 9.97 Å². The number of ether oxygens (including phenoxy) is 1. The number of hydrogen-bond donors (Lipinski definition) is 0. The molecule has 0 unspecified atom stereocenters. The van der Waals surface area contributed by atoms with E-state index in [4.69, 9.17) is 21.6 Å². The Hall–Kier alpha value is -2.12. The average Bonchev–Trinajstić information content (AvgIpc) is 2.30. The van der Waals surface area contributed by atoms with Crippen molar-refractivity contribution >= 4 is 11.6 Å². The molecule has 1 aromatic carbocycles. The van der Waals surface area contributed by atoms with Crippen LogP contribution >= 0.6 is 11.6 Å². The molecule has 0 aliphatic heterocycles. The lowest BCUT2D eigenvalue weighted by Gasteiger charge is -2.03. The van der Waals surface area contributed by atoms with Crippen LogP contribution in [-0.2, 0) is 0 Å². The Balaban J connectivity index is 2.18. The standard InChI is InChI=1S/C11H6ClN3O/c12-11-14-6-5-10(15-11)16-9-3-1-8(7-13)2-4-9/h1-6H. The first-order valence-electron chi connectivity index (χ1n) is 4.44. The number of hydrogen-bond acceptors (Lipinski definition) is 4. The van der Waals surface area contributed by atoms with Gasteiger partial charge in [0.15, 0.2) is 0 Å². The highest BCUT2D eigenvalue weighted by Crippen LogP contribution is 2.19. The Morgan fingerprint density at radius 3 is 2.56 bits per heavy atom. The number of benzene rings is 1. The van der Waals surface area contributed by atoms with Gasteiger partial charge in [-0.3, -0.25) is 0 Å². The summed E-state index contributed by atoms with van der Waals surface area (Å²) < 4.78 is 5.41. The largest absolute Gasteiger partial charge is 0.439 e. The van der Waals surface area contributed by atoms with E-state index in [0.29, 0.717) is 17.2 Å². The first kappa shape index (κ1) is 10.4. The maximum absolute atomic E-state index is 8.63. The van der Waals surface area contributed by atoms with Crippen molar-refractivity contribution in [1.29, 1.82) is 5.26 Å². The van der Waals surface area contributed by atoms with Crippen LogP contribution in [0.1, 0.15) is 5.56 Å². The Morgan fingerprint density at radius 1 is 1.19 bits per heavy atom. The summed E-state index contributed by atoms with van der Waals surface area (Å²) in [5.41, 5.74) is 0.577. The van der Waals surface area contributed by atoms with Crippen LogP contribution in [0.4, 0.5) is 0 Å². The SMILES string of the molecule is N#Cc1ccc(Oc2ccnc(Cl)n2)cc1. The van der Waals surface area contributed by atoms with Gasteiger partial charge < -0.3 is 4.74 Å². The van der Waals surface area contributed by atoms with Gasteiger partial charge in [-0.25, -0.2) is 4.98 Å². The molecular weight excluding hydrogens is 226 g/mol. The first-order chi connectivity index (χ1) is 7.78. The van der Waals surface area contributed by atoms with E-state index in [-0.39, 0.29) is 5.28 Å². The number of halogens is 1. The minimum Gasteiger partial charge on any atom is -0.439 e. The van der Waals surface area contributed by atoms with Gasteiger partial charge in [-0.1, -0.05) is 0 Å². The topological polar surface area (TPSA) is 58.8 Å². The molecule has 0 atom stereocenters. The molecule has 16 heavy (non-hydrogen) atoms. The van der Waals surface area contributed by atoms with Gasteiger partial charge in [0, 0.05) is 12.3 Å². The summed E-state index contributed by atoms with van der Waals surface area (Å²) in [6, 6.07) is 10.3. The summed E-state index contributed by atoms with van der Waals surface area (Å²) >= 11 is 5.61. The number of rotatable bonds is 2. The minimum atomic E-state index is 0.131. The second-order valence-electron chi connectivity index (χ2n) is 2.90. The van der Waals surface area contributed by atoms with E-state index in [1.165, 1.54) is 6.20 Å². The van der Waals surface area contributed by atoms with E-state index in [1.54, 1.807) is 30.3 Å². The highest BCUT2D eigenvalue weighted by atomic mass is 35.5. The smallest absolute Gasteiger partial charge is 0.225 e. The Morgan fingerprint density at radius 2 is 1.94 bits per heavy atom. The molecule has 0 amide bonds. The quantitative estimate of drug-likeness (QED) is 0.746. The zero-order valence-electron chi connectivity index (χ0n) is 8.09. The third kappa shape index (κ3) is 2.47. The molecule has 0 aliphatic carbocycles. The summed E-state index contributed by atoms with van der Waals surface area (Å²) in [6.07, 6.45) is 1.51. The fourth-order valence-corrected chi connectivity index (χ4v) is 1.23. The summed E-state index contributed by atoms with van der Waals surface area (Å²) in [5, 5.41) is 8.76. The van der Waals surface area contributed by atoms with Crippen LogP contribution in [0.25, 0.3) is 0 Å². The van der Waals surface area contributed by atoms with Crippen molar-refractivity contribution in [3.63, 3.8) is 0 Å². The zero-order valence-corrected chi connectivity index (χ0v) is 8.85. The van der Waals surface area contributed by atoms with Gasteiger partial charge in [0.05, 0.1) is 11.6 Å². The molecule has 0 spiro atoms. The second-order valence-corrected chi connectivity index (χ2v) is 3.24. The van der Waals surface area contributed by atoms with Crippen molar-refractivity contribution in [3.05, 3.63) is 47.4 Å². The molecule has 4 nitrogen and oxygen atoms in total. The van der Waals surface area contributed by atoms with E-state index in [0.717, 1.165) is 0 Å². The molecule has 0 bridgehead atoms. The summed E-state index contributed by atoms with van der Waals surface area (Å²) in [4.78, 5) is 7.62. The third-order valence-electron chi connectivity index (χ3n) is 1.81. The molecule has 0 N–H and O–H groups in total. The maximum atomic E-state index is 8.63. The van der Waals surface area contributed by atoms with E-state index in [1.807, 2.05) is 6.07 Å². The molecule has 78 valence electrons. The van der Waals surface area contributed by atoms with Crippen LogP contribution < -0.4 is 4.74 Å². The zero-order chi connectivity index (χ0) is 11.4. The monoisotopic (exact) mass is 231 g/mol. The van der Waals surface area contributed by atoms with Gasteiger partial charge in [-0.05, 0) is 35.9 Å². The van der Waals surface area contributed by atoms with Crippen molar-refractivity contribution in [3.8, 4) is 17.7 Å². The lowest BCUT2D eigenvalue weighted by Crippen LogP contribution is -1.89. The van der Waals surface area contributed by atoms with Crippen molar-refractivity contribution < 1.29 is 4.74 Å². The summed E-state index contributed by atoms with van der Waals surface area (Å²) in [7, 11) is 0. The van der Waals surface area contributed by atoms with Crippen molar-refractivity contribution in [2.75, 3.05) is 0 Å². The molecular formula is C11H6ClN3O. The maximum Gasteiger partial charge on any atom is 0.225 e. The van der Waals surface area contributed by atoms with E-state index in [2.05, 4.69) is 9.97 Å². The molecule has 2 aromatic rings. The predicted octanol–water partition coefficient (Wildman–Crippen LogP) is 2.79. The fraction of sp³-hybridized carbons (Fsp3) is 0. The van der Waals surface area contributed by atoms with Crippen molar-refractivity contribution in [2.45, 2.75) is 0 Å². The highest BCUT2D eigenvalue weighted by Gasteiger charge is 2.00. The molecule has 1 heterocycles. The predicted molar refractivity (Wildman–Crippen MR) is 58.3 cm³/mol. The minimum absolute atomic E-state index is 0.131. The molecule has 0 fully saturated rings. The molecule has 1 aromatic heterocycles. The van der Waals surface area contributed by atoms with Crippen LogP contribution in [0, 0.1) is 11.3 Å². The van der Waals surface area contributed by atoms with Gasteiger partial charge in [0.1, 0.15) is 5.75 Å². The first-order valence-corrected chi connectivity index (χ1v) is 4.82. The van der Waals surface area contributed by atoms with Gasteiger partial charge >= 0.3 is 0 Å². The van der Waals surface area contributed by atoms with Gasteiger partial charge in [0.25, 0.3) is 0 Å². The van der Waals surface area contributed by atoms with Crippen LogP contribution in [0.5, 0.6) is 11.6 Å². The molecule has 0 saturated carbocycles. The van der Waals surface area contributed by atoms with Crippen molar-refractivity contribution in [1.82, 2.24) is 9.97 Å². The van der Waals surface area contributed by atoms with E-state index in [9.17, 15) is 0 Å². The molecule has 0 aliphatic rings. The number of nitriles is 1. The lowest BCUT2D eigenvalue weighted by atomic mass is 10.2. The van der Waals surface area contributed by atoms with Crippen LogP contribution in [0.3, 0.4) is 0 Å². The average molecular weight is 232 g/mol. The fourth-order valence-electron chi connectivity index (χ4n) is 1.09. The van der Waals surface area contributed by atoms with Gasteiger partial charge in [0.2, 0.25) is 11.2 Å². The summed E-state index contributed by atoms with van der Waals surface area (Å²) in [5.74, 6) is 0.957. The van der Waals surface area contributed by atoms with E-state index >= 15 is 0 Å².